The second kappa shape index (κ2) is 5.71. The zero-order valence-corrected chi connectivity index (χ0v) is 12.6. The molecule has 0 spiro atoms. The van der Waals surface area contributed by atoms with Gasteiger partial charge in [-0.05, 0) is 50.1 Å². The molecule has 3 nitrogen and oxygen atoms in total. The van der Waals surface area contributed by atoms with Gasteiger partial charge in [-0.2, -0.15) is 0 Å². The van der Waals surface area contributed by atoms with E-state index in [0.29, 0.717) is 5.41 Å². The predicted molar refractivity (Wildman–Crippen MR) is 80.2 cm³/mol. The Morgan fingerprint density at radius 1 is 1.11 bits per heavy atom. The first-order valence-corrected chi connectivity index (χ1v) is 8.37. The van der Waals surface area contributed by atoms with Gasteiger partial charge in [0, 0.05) is 32.2 Å². The van der Waals surface area contributed by atoms with Crippen LogP contribution in [0.5, 0.6) is 0 Å². The van der Waals surface area contributed by atoms with Crippen LogP contribution in [0.3, 0.4) is 0 Å². The van der Waals surface area contributed by atoms with E-state index in [2.05, 4.69) is 16.7 Å². The molecule has 3 rings (SSSR count). The number of piperazine rings is 1. The molecule has 2 N–H and O–H groups in total. The molecule has 0 radical (unpaired) electrons. The normalized spacial score (nSPS) is 41.4. The fourth-order valence-electron chi connectivity index (χ4n) is 4.47. The van der Waals surface area contributed by atoms with Crippen LogP contribution in [0.25, 0.3) is 0 Å². The Balaban J connectivity index is 1.57. The smallest absolute Gasteiger partial charge is 0.0224 e. The van der Waals surface area contributed by atoms with Crippen molar-refractivity contribution in [2.45, 2.75) is 51.5 Å². The lowest BCUT2D eigenvalue weighted by molar-refractivity contribution is 0.0439. The Kier molecular flexibility index (Phi) is 4.16. The molecule has 19 heavy (non-hydrogen) atoms. The first kappa shape index (κ1) is 13.8. The molecule has 2 saturated heterocycles. The van der Waals surface area contributed by atoms with Gasteiger partial charge in [0.25, 0.3) is 0 Å². The van der Waals surface area contributed by atoms with E-state index in [4.69, 9.17) is 5.73 Å². The van der Waals surface area contributed by atoms with Gasteiger partial charge < -0.3 is 5.73 Å². The Bertz CT molecular complexity index is 296. The first-order valence-electron chi connectivity index (χ1n) is 8.37. The summed E-state index contributed by atoms with van der Waals surface area (Å²) in [5.41, 5.74) is 6.61. The van der Waals surface area contributed by atoms with E-state index in [1.807, 2.05) is 0 Å². The number of nitrogens with zero attached hydrogens (tertiary/aromatic N) is 2. The maximum atomic E-state index is 6.17. The second-order valence-electron chi connectivity index (χ2n) is 7.45. The van der Waals surface area contributed by atoms with Crippen molar-refractivity contribution in [1.29, 1.82) is 0 Å². The molecule has 1 unspecified atom stereocenters. The minimum Gasteiger partial charge on any atom is -0.330 e. The third kappa shape index (κ3) is 2.98. The zero-order valence-electron chi connectivity index (χ0n) is 12.6. The monoisotopic (exact) mass is 265 g/mol. The molecule has 2 heterocycles. The lowest BCUT2D eigenvalue weighted by Gasteiger charge is -2.45. The summed E-state index contributed by atoms with van der Waals surface area (Å²) in [5.74, 6) is 0.923. The Labute approximate surface area is 118 Å². The van der Waals surface area contributed by atoms with Crippen molar-refractivity contribution < 1.29 is 0 Å². The minimum absolute atomic E-state index is 0.438. The van der Waals surface area contributed by atoms with Gasteiger partial charge >= 0.3 is 0 Å². The summed E-state index contributed by atoms with van der Waals surface area (Å²) in [7, 11) is 0. The summed E-state index contributed by atoms with van der Waals surface area (Å²) in [6, 6.07) is 0.853. The van der Waals surface area contributed by atoms with Gasteiger partial charge in [-0.25, -0.2) is 0 Å². The molecule has 1 aliphatic carbocycles. The van der Waals surface area contributed by atoms with Gasteiger partial charge in [0.1, 0.15) is 0 Å². The summed E-state index contributed by atoms with van der Waals surface area (Å²) in [6.45, 7) is 9.77. The molecular weight excluding hydrogens is 234 g/mol. The summed E-state index contributed by atoms with van der Waals surface area (Å²) < 4.78 is 0. The lowest BCUT2D eigenvalue weighted by atomic mass is 9.70. The van der Waals surface area contributed by atoms with Gasteiger partial charge in [0.05, 0.1) is 0 Å². The third-order valence-corrected chi connectivity index (χ3v) is 6.00. The second-order valence-corrected chi connectivity index (χ2v) is 7.45. The molecule has 2 aliphatic heterocycles. The topological polar surface area (TPSA) is 32.5 Å². The number of fused-ring (bicyclic) bond motifs is 1. The van der Waals surface area contributed by atoms with Crippen LogP contribution in [0.4, 0.5) is 0 Å². The maximum absolute atomic E-state index is 6.17. The van der Waals surface area contributed by atoms with Crippen LogP contribution in [0, 0.1) is 11.3 Å². The quantitative estimate of drug-likeness (QED) is 0.846. The molecule has 0 aromatic rings. The summed E-state index contributed by atoms with van der Waals surface area (Å²) >= 11 is 0. The SMILES string of the molecule is CC1CCC(CN)(CN2CCN3CCCC3C2)CC1. The fraction of sp³-hybridized carbons (Fsp3) is 1.00. The highest BCUT2D eigenvalue weighted by Crippen LogP contribution is 2.39. The van der Waals surface area contributed by atoms with E-state index in [-0.39, 0.29) is 0 Å². The third-order valence-electron chi connectivity index (χ3n) is 6.00. The van der Waals surface area contributed by atoms with E-state index in [9.17, 15) is 0 Å². The Hall–Kier alpha value is -0.120. The average molecular weight is 265 g/mol. The summed E-state index contributed by atoms with van der Waals surface area (Å²) in [6.07, 6.45) is 8.33. The van der Waals surface area contributed by atoms with Crippen LogP contribution in [-0.4, -0.2) is 55.1 Å². The molecule has 0 bridgehead atoms. The average Bonchev–Trinajstić information content (AvgIpc) is 2.89. The fourth-order valence-corrected chi connectivity index (χ4v) is 4.47. The zero-order chi connectivity index (χ0) is 13.3. The molecule has 110 valence electrons. The van der Waals surface area contributed by atoms with E-state index in [1.54, 1.807) is 0 Å². The number of hydrogen-bond donors (Lipinski definition) is 1. The van der Waals surface area contributed by atoms with Gasteiger partial charge in [-0.3, -0.25) is 9.80 Å². The van der Waals surface area contributed by atoms with Crippen LogP contribution in [0.2, 0.25) is 0 Å². The predicted octanol–water partition coefficient (Wildman–Crippen LogP) is 1.92. The molecule has 3 heteroatoms. The highest BCUT2D eigenvalue weighted by atomic mass is 15.3. The summed E-state index contributed by atoms with van der Waals surface area (Å²) in [4.78, 5) is 5.43. The standard InChI is InChI=1S/C16H31N3/c1-14-4-6-16(12-17,7-5-14)13-18-9-10-19-8-2-3-15(19)11-18/h14-15H,2-13,17H2,1H3. The van der Waals surface area contributed by atoms with Crippen LogP contribution < -0.4 is 5.73 Å². The maximum Gasteiger partial charge on any atom is 0.0224 e. The molecule has 0 aromatic heterocycles. The largest absolute Gasteiger partial charge is 0.330 e. The van der Waals surface area contributed by atoms with Crippen molar-refractivity contribution in [2.75, 3.05) is 39.3 Å². The van der Waals surface area contributed by atoms with Crippen LogP contribution >= 0.6 is 0 Å². The van der Waals surface area contributed by atoms with E-state index < -0.39 is 0 Å². The number of rotatable bonds is 3. The van der Waals surface area contributed by atoms with Crippen LogP contribution in [0.15, 0.2) is 0 Å². The van der Waals surface area contributed by atoms with Gasteiger partial charge in [-0.15, -0.1) is 0 Å². The molecule has 0 aromatic carbocycles. The van der Waals surface area contributed by atoms with Crippen LogP contribution in [0.1, 0.15) is 45.4 Å². The molecule has 1 saturated carbocycles. The van der Waals surface area contributed by atoms with Crippen molar-refractivity contribution in [3.05, 3.63) is 0 Å². The van der Waals surface area contributed by atoms with E-state index in [0.717, 1.165) is 18.5 Å². The van der Waals surface area contributed by atoms with Gasteiger partial charge in [0.15, 0.2) is 0 Å². The van der Waals surface area contributed by atoms with Crippen LogP contribution in [-0.2, 0) is 0 Å². The summed E-state index contributed by atoms with van der Waals surface area (Å²) in [5, 5.41) is 0. The van der Waals surface area contributed by atoms with Gasteiger partial charge in [-0.1, -0.05) is 19.8 Å². The van der Waals surface area contributed by atoms with E-state index >= 15 is 0 Å². The molecular formula is C16H31N3. The Morgan fingerprint density at radius 2 is 1.89 bits per heavy atom. The molecule has 0 amide bonds. The Morgan fingerprint density at radius 3 is 2.63 bits per heavy atom. The van der Waals surface area contributed by atoms with E-state index in [1.165, 1.54) is 71.2 Å². The lowest BCUT2D eigenvalue weighted by Crippen LogP contribution is -2.54. The van der Waals surface area contributed by atoms with Crippen molar-refractivity contribution in [3.8, 4) is 0 Å². The van der Waals surface area contributed by atoms with Crippen molar-refractivity contribution >= 4 is 0 Å². The molecule has 3 aliphatic rings. The molecule has 3 fully saturated rings. The minimum atomic E-state index is 0.438. The van der Waals surface area contributed by atoms with Crippen molar-refractivity contribution in [2.24, 2.45) is 17.1 Å². The van der Waals surface area contributed by atoms with Crippen molar-refractivity contribution in [3.63, 3.8) is 0 Å². The highest BCUT2D eigenvalue weighted by molar-refractivity contribution is 4.92. The first-order chi connectivity index (χ1) is 9.21. The molecule has 1 atom stereocenters. The highest BCUT2D eigenvalue weighted by Gasteiger charge is 2.37. The van der Waals surface area contributed by atoms with Gasteiger partial charge in [0.2, 0.25) is 0 Å². The van der Waals surface area contributed by atoms with Crippen molar-refractivity contribution in [1.82, 2.24) is 9.80 Å². The number of nitrogens with two attached hydrogens (primary N) is 1. The number of hydrogen-bond acceptors (Lipinski definition) is 3.